The topological polar surface area (TPSA) is 51.4 Å². The predicted molar refractivity (Wildman–Crippen MR) is 79.7 cm³/mol. The molecule has 2 rings (SSSR count). The molecular formula is C15H25N3O. The molecule has 19 heavy (non-hydrogen) atoms. The molecule has 1 aliphatic rings. The van der Waals surface area contributed by atoms with Gasteiger partial charge in [0.1, 0.15) is 5.82 Å². The van der Waals surface area contributed by atoms with Crippen molar-refractivity contribution in [3.63, 3.8) is 0 Å². The van der Waals surface area contributed by atoms with Crippen LogP contribution in [0.15, 0.2) is 12.1 Å². The van der Waals surface area contributed by atoms with Crippen LogP contribution < -0.4 is 15.4 Å². The minimum atomic E-state index is 0.450. The lowest BCUT2D eigenvalue weighted by atomic mass is 9.83. The molecule has 2 N–H and O–H groups in total. The number of aromatic nitrogens is 1. The van der Waals surface area contributed by atoms with Gasteiger partial charge in [0.2, 0.25) is 5.88 Å². The van der Waals surface area contributed by atoms with Crippen molar-refractivity contribution in [1.82, 2.24) is 4.98 Å². The van der Waals surface area contributed by atoms with E-state index in [-0.39, 0.29) is 0 Å². The molecule has 0 aliphatic carbocycles. The van der Waals surface area contributed by atoms with Crippen molar-refractivity contribution in [2.45, 2.75) is 40.0 Å². The van der Waals surface area contributed by atoms with Crippen molar-refractivity contribution in [2.24, 2.45) is 5.41 Å². The maximum atomic E-state index is 5.90. The first-order chi connectivity index (χ1) is 9.02. The lowest BCUT2D eigenvalue weighted by Gasteiger charge is -2.37. The predicted octanol–water partition coefficient (Wildman–Crippen LogP) is 3.08. The van der Waals surface area contributed by atoms with E-state index in [0.717, 1.165) is 25.3 Å². The van der Waals surface area contributed by atoms with E-state index in [4.69, 9.17) is 10.5 Å². The van der Waals surface area contributed by atoms with Crippen LogP contribution in [0.1, 0.15) is 40.0 Å². The first-order valence-electron chi connectivity index (χ1n) is 7.16. The molecule has 0 unspecified atom stereocenters. The number of nitrogens with two attached hydrogens (primary N) is 1. The van der Waals surface area contributed by atoms with Crippen LogP contribution in [-0.2, 0) is 0 Å². The van der Waals surface area contributed by atoms with E-state index in [1.165, 1.54) is 12.8 Å². The maximum absolute atomic E-state index is 5.90. The van der Waals surface area contributed by atoms with Gasteiger partial charge in [-0.15, -0.1) is 0 Å². The van der Waals surface area contributed by atoms with Gasteiger partial charge in [-0.1, -0.05) is 20.8 Å². The average Bonchev–Trinajstić information content (AvgIpc) is 2.38. The molecule has 0 radical (unpaired) electrons. The molecule has 0 amide bonds. The van der Waals surface area contributed by atoms with Crippen molar-refractivity contribution >= 4 is 11.5 Å². The van der Waals surface area contributed by atoms with Crippen LogP contribution in [-0.4, -0.2) is 24.7 Å². The molecule has 1 saturated heterocycles. The molecule has 106 valence electrons. The van der Waals surface area contributed by atoms with Crippen LogP contribution in [0.2, 0.25) is 0 Å². The second-order valence-corrected chi connectivity index (χ2v) is 6.06. The fourth-order valence-corrected chi connectivity index (χ4v) is 2.27. The van der Waals surface area contributed by atoms with Crippen LogP contribution in [0.4, 0.5) is 11.5 Å². The fraction of sp³-hybridized carbons (Fsp3) is 0.667. The van der Waals surface area contributed by atoms with Crippen molar-refractivity contribution in [2.75, 3.05) is 30.3 Å². The lowest BCUT2D eigenvalue weighted by molar-refractivity contribution is 0.277. The molecule has 1 aromatic heterocycles. The summed E-state index contributed by atoms with van der Waals surface area (Å²) in [6.07, 6.45) is 3.36. The summed E-state index contributed by atoms with van der Waals surface area (Å²) in [6, 6.07) is 3.89. The van der Waals surface area contributed by atoms with Crippen LogP contribution in [0.5, 0.6) is 5.88 Å². The molecule has 1 aromatic rings. The van der Waals surface area contributed by atoms with Crippen LogP contribution in [0.3, 0.4) is 0 Å². The first-order valence-corrected chi connectivity index (χ1v) is 7.16. The molecule has 4 heteroatoms. The number of nitrogen functional groups attached to an aromatic ring is 1. The van der Waals surface area contributed by atoms with Gasteiger partial charge < -0.3 is 15.4 Å². The Hall–Kier alpha value is -1.45. The van der Waals surface area contributed by atoms with Crippen molar-refractivity contribution in [1.29, 1.82) is 0 Å². The fourth-order valence-electron chi connectivity index (χ4n) is 2.27. The minimum absolute atomic E-state index is 0.450. The third kappa shape index (κ3) is 3.52. The van der Waals surface area contributed by atoms with Crippen LogP contribution in [0.25, 0.3) is 0 Å². The van der Waals surface area contributed by atoms with E-state index in [1.807, 2.05) is 12.1 Å². The zero-order valence-corrected chi connectivity index (χ0v) is 12.3. The van der Waals surface area contributed by atoms with Gasteiger partial charge in [0.25, 0.3) is 0 Å². The molecule has 0 aromatic carbocycles. The van der Waals surface area contributed by atoms with Gasteiger partial charge >= 0.3 is 0 Å². The third-order valence-electron chi connectivity index (χ3n) is 3.76. The summed E-state index contributed by atoms with van der Waals surface area (Å²) >= 11 is 0. The largest absolute Gasteiger partial charge is 0.476 e. The monoisotopic (exact) mass is 263 g/mol. The van der Waals surface area contributed by atoms with Gasteiger partial charge in [0.15, 0.2) is 0 Å². The number of piperidine rings is 1. The molecule has 0 atom stereocenters. The van der Waals surface area contributed by atoms with E-state index < -0.39 is 0 Å². The quantitative estimate of drug-likeness (QED) is 0.907. The highest BCUT2D eigenvalue weighted by atomic mass is 16.5. The molecule has 0 bridgehead atoms. The van der Waals surface area contributed by atoms with Gasteiger partial charge in [-0.2, -0.15) is 4.98 Å². The zero-order chi connectivity index (χ0) is 13.9. The van der Waals surface area contributed by atoms with E-state index >= 15 is 0 Å². The molecular weight excluding hydrogens is 238 g/mol. The Morgan fingerprint density at radius 1 is 1.32 bits per heavy atom. The number of anilines is 2. The summed E-state index contributed by atoms with van der Waals surface area (Å²) in [6.45, 7) is 9.50. The minimum Gasteiger partial charge on any atom is -0.476 e. The van der Waals surface area contributed by atoms with Crippen molar-refractivity contribution < 1.29 is 4.74 Å². The molecule has 1 fully saturated rings. The van der Waals surface area contributed by atoms with Gasteiger partial charge in [-0.25, -0.2) is 0 Å². The van der Waals surface area contributed by atoms with E-state index in [2.05, 4.69) is 30.7 Å². The lowest BCUT2D eigenvalue weighted by Crippen LogP contribution is -2.37. The van der Waals surface area contributed by atoms with E-state index in [0.29, 0.717) is 23.6 Å². The number of rotatable bonds is 4. The van der Waals surface area contributed by atoms with Gasteiger partial charge in [-0.3, -0.25) is 0 Å². The number of pyridine rings is 1. The highest BCUT2D eigenvalue weighted by Crippen LogP contribution is 2.32. The summed E-state index contributed by atoms with van der Waals surface area (Å²) in [5.74, 6) is 1.56. The highest BCUT2D eigenvalue weighted by Gasteiger charge is 2.26. The van der Waals surface area contributed by atoms with Gasteiger partial charge in [-0.05, 0) is 36.8 Å². The molecule has 0 saturated carbocycles. The normalized spacial score (nSPS) is 18.4. The Morgan fingerprint density at radius 2 is 2.00 bits per heavy atom. The summed E-state index contributed by atoms with van der Waals surface area (Å²) in [5, 5.41) is 0. The molecule has 2 heterocycles. The zero-order valence-electron chi connectivity index (χ0n) is 12.3. The van der Waals surface area contributed by atoms with Crippen LogP contribution in [0, 0.1) is 5.41 Å². The number of hydrogen-bond acceptors (Lipinski definition) is 4. The Morgan fingerprint density at radius 3 is 2.63 bits per heavy atom. The summed E-state index contributed by atoms with van der Waals surface area (Å²) in [4.78, 5) is 6.88. The third-order valence-corrected chi connectivity index (χ3v) is 3.76. The second kappa shape index (κ2) is 5.68. The van der Waals surface area contributed by atoms with E-state index in [9.17, 15) is 0 Å². The Kier molecular flexibility index (Phi) is 4.17. The first kappa shape index (κ1) is 14.0. The Labute approximate surface area is 116 Å². The van der Waals surface area contributed by atoms with Crippen molar-refractivity contribution in [3.8, 4) is 5.88 Å². The summed E-state index contributed by atoms with van der Waals surface area (Å²) < 4.78 is 5.60. The molecule has 1 aliphatic heterocycles. The number of ether oxygens (including phenoxy) is 1. The molecule has 0 spiro atoms. The standard InChI is InChI=1S/C15H25N3O/c1-4-11-19-14-12(16)5-6-13(17-14)18-9-7-15(2,3)8-10-18/h5-6H,4,7-11,16H2,1-3H3. The summed E-state index contributed by atoms with van der Waals surface area (Å²) in [5.41, 5.74) is 6.97. The highest BCUT2D eigenvalue weighted by molar-refractivity contribution is 5.54. The Bertz CT molecular complexity index is 421. The van der Waals surface area contributed by atoms with Gasteiger partial charge in [0, 0.05) is 13.1 Å². The van der Waals surface area contributed by atoms with Crippen LogP contribution >= 0.6 is 0 Å². The summed E-state index contributed by atoms with van der Waals surface area (Å²) in [7, 11) is 0. The SMILES string of the molecule is CCCOc1nc(N2CCC(C)(C)CC2)ccc1N. The van der Waals surface area contributed by atoms with Crippen molar-refractivity contribution in [3.05, 3.63) is 12.1 Å². The maximum Gasteiger partial charge on any atom is 0.239 e. The number of nitrogens with zero attached hydrogens (tertiary/aromatic N) is 2. The van der Waals surface area contributed by atoms with Gasteiger partial charge in [0.05, 0.1) is 12.3 Å². The molecule has 4 nitrogen and oxygen atoms in total. The smallest absolute Gasteiger partial charge is 0.239 e. The van der Waals surface area contributed by atoms with E-state index in [1.54, 1.807) is 0 Å². The Balaban J connectivity index is 2.08. The number of hydrogen-bond donors (Lipinski definition) is 1. The average molecular weight is 263 g/mol. The second-order valence-electron chi connectivity index (χ2n) is 6.06.